The van der Waals surface area contributed by atoms with Gasteiger partial charge < -0.3 is 4.74 Å². The first-order valence-corrected chi connectivity index (χ1v) is 3.80. The summed E-state index contributed by atoms with van der Waals surface area (Å²) in [6, 6.07) is 1.58. The predicted molar refractivity (Wildman–Crippen MR) is 41.1 cm³/mol. The average Bonchev–Trinajstić information content (AvgIpc) is 2.07. The summed E-state index contributed by atoms with van der Waals surface area (Å²) in [5.41, 5.74) is -0.283. The number of ether oxygens (including phenoxy) is 1. The number of alkyl halides is 2. The van der Waals surface area contributed by atoms with Gasteiger partial charge in [-0.15, -0.1) is 0 Å². The maximum absolute atomic E-state index is 11.7. The van der Waals surface area contributed by atoms with Crippen molar-refractivity contribution in [2.75, 3.05) is 0 Å². The maximum atomic E-state index is 11.7. The van der Waals surface area contributed by atoms with Gasteiger partial charge in [-0.2, -0.15) is 14.0 Å². The molecule has 13 heavy (non-hydrogen) atoms. The standard InChI is InChI=1S/C6H2BrF2N3O/c7-4-2-11-5(13-6(8)9)3(1-10)12-4/h2,6H. The number of nitrogens with zero attached hydrogens (tertiary/aromatic N) is 3. The lowest BCUT2D eigenvalue weighted by Crippen LogP contribution is -2.06. The first kappa shape index (κ1) is 9.80. The number of aromatic nitrogens is 2. The molecule has 0 saturated carbocycles. The second kappa shape index (κ2) is 4.09. The van der Waals surface area contributed by atoms with Crippen molar-refractivity contribution in [3.63, 3.8) is 0 Å². The van der Waals surface area contributed by atoms with Gasteiger partial charge in [-0.25, -0.2) is 9.97 Å². The second-order valence-corrected chi connectivity index (χ2v) is 2.65. The van der Waals surface area contributed by atoms with E-state index in [4.69, 9.17) is 5.26 Å². The van der Waals surface area contributed by atoms with Gasteiger partial charge in [0.2, 0.25) is 5.69 Å². The van der Waals surface area contributed by atoms with Gasteiger partial charge in [-0.1, -0.05) is 0 Å². The largest absolute Gasteiger partial charge is 0.414 e. The van der Waals surface area contributed by atoms with E-state index in [0.29, 0.717) is 0 Å². The van der Waals surface area contributed by atoms with Crippen LogP contribution in [0.2, 0.25) is 0 Å². The van der Waals surface area contributed by atoms with Gasteiger partial charge in [0.1, 0.15) is 10.7 Å². The molecule has 0 bridgehead atoms. The molecule has 0 amide bonds. The van der Waals surface area contributed by atoms with Crippen LogP contribution in [0.15, 0.2) is 10.8 Å². The molecule has 4 nitrogen and oxygen atoms in total. The lowest BCUT2D eigenvalue weighted by atomic mass is 10.5. The van der Waals surface area contributed by atoms with Crippen molar-refractivity contribution in [1.82, 2.24) is 9.97 Å². The third kappa shape index (κ3) is 2.59. The van der Waals surface area contributed by atoms with Crippen molar-refractivity contribution < 1.29 is 13.5 Å². The lowest BCUT2D eigenvalue weighted by Gasteiger charge is -2.03. The Morgan fingerprint density at radius 1 is 1.62 bits per heavy atom. The van der Waals surface area contributed by atoms with E-state index >= 15 is 0 Å². The van der Waals surface area contributed by atoms with Crippen molar-refractivity contribution in [2.24, 2.45) is 0 Å². The van der Waals surface area contributed by atoms with Gasteiger partial charge in [0.25, 0.3) is 5.88 Å². The Kier molecular flexibility index (Phi) is 3.08. The summed E-state index contributed by atoms with van der Waals surface area (Å²) in [6.07, 6.45) is 1.17. The van der Waals surface area contributed by atoms with Crippen LogP contribution in [-0.4, -0.2) is 16.6 Å². The highest BCUT2D eigenvalue weighted by Gasteiger charge is 2.12. The molecule has 0 aromatic carbocycles. The normalized spacial score (nSPS) is 9.77. The van der Waals surface area contributed by atoms with E-state index in [-0.39, 0.29) is 10.3 Å². The zero-order valence-corrected chi connectivity index (χ0v) is 7.62. The summed E-state index contributed by atoms with van der Waals surface area (Å²) < 4.78 is 27.7. The molecule has 1 aromatic heterocycles. The first-order valence-electron chi connectivity index (χ1n) is 3.01. The lowest BCUT2D eigenvalue weighted by molar-refractivity contribution is -0.0533. The molecule has 7 heteroatoms. The monoisotopic (exact) mass is 249 g/mol. The van der Waals surface area contributed by atoms with Gasteiger partial charge in [0.05, 0.1) is 6.20 Å². The first-order chi connectivity index (χ1) is 6.13. The SMILES string of the molecule is N#Cc1nc(Br)cnc1OC(F)F. The molecule has 0 N–H and O–H groups in total. The molecule has 0 unspecified atom stereocenters. The molecule has 0 spiro atoms. The fourth-order valence-electron chi connectivity index (χ4n) is 0.600. The van der Waals surface area contributed by atoms with Gasteiger partial charge in [-0.3, -0.25) is 0 Å². The minimum Gasteiger partial charge on any atom is -0.414 e. The van der Waals surface area contributed by atoms with Crippen molar-refractivity contribution in [2.45, 2.75) is 6.61 Å². The number of hydrogen-bond acceptors (Lipinski definition) is 4. The molecule has 0 aliphatic heterocycles. The zero-order valence-electron chi connectivity index (χ0n) is 6.04. The molecule has 0 saturated heterocycles. The van der Waals surface area contributed by atoms with Crippen LogP contribution < -0.4 is 4.74 Å². The van der Waals surface area contributed by atoms with Crippen LogP contribution >= 0.6 is 15.9 Å². The van der Waals surface area contributed by atoms with Crippen LogP contribution in [0, 0.1) is 11.3 Å². The molecule has 1 rings (SSSR count). The van der Waals surface area contributed by atoms with Crippen LogP contribution in [0.4, 0.5) is 8.78 Å². The average molecular weight is 250 g/mol. The van der Waals surface area contributed by atoms with Crippen LogP contribution in [0.1, 0.15) is 5.69 Å². The molecule has 0 radical (unpaired) electrons. The zero-order chi connectivity index (χ0) is 9.84. The van der Waals surface area contributed by atoms with E-state index in [0.717, 1.165) is 0 Å². The van der Waals surface area contributed by atoms with Gasteiger partial charge >= 0.3 is 6.61 Å². The predicted octanol–water partition coefficient (Wildman–Crippen LogP) is 1.71. The van der Waals surface area contributed by atoms with Gasteiger partial charge in [0, 0.05) is 0 Å². The second-order valence-electron chi connectivity index (χ2n) is 1.84. The van der Waals surface area contributed by atoms with Crippen LogP contribution in [0.25, 0.3) is 0 Å². The summed E-state index contributed by atoms with van der Waals surface area (Å²) in [5.74, 6) is -0.472. The minimum absolute atomic E-state index is 0.283. The van der Waals surface area contributed by atoms with Crippen LogP contribution in [0.5, 0.6) is 5.88 Å². The fraction of sp³-hybridized carbons (Fsp3) is 0.167. The smallest absolute Gasteiger partial charge is 0.388 e. The summed E-state index contributed by atoms with van der Waals surface area (Å²) in [7, 11) is 0. The van der Waals surface area contributed by atoms with E-state index < -0.39 is 12.5 Å². The van der Waals surface area contributed by atoms with Gasteiger partial charge in [-0.05, 0) is 15.9 Å². The molecule has 0 aliphatic rings. The Hall–Kier alpha value is -1.29. The van der Waals surface area contributed by atoms with Gasteiger partial charge in [0.15, 0.2) is 0 Å². The summed E-state index contributed by atoms with van der Waals surface area (Å²) in [6.45, 7) is -3.01. The number of hydrogen-bond donors (Lipinski definition) is 0. The number of rotatable bonds is 2. The topological polar surface area (TPSA) is 58.8 Å². The molecule has 0 aliphatic carbocycles. The summed E-state index contributed by atoms with van der Waals surface area (Å²) in [4.78, 5) is 7.03. The van der Waals surface area contributed by atoms with Crippen molar-refractivity contribution >= 4 is 15.9 Å². The van der Waals surface area contributed by atoms with Crippen molar-refractivity contribution in [1.29, 1.82) is 5.26 Å². The third-order valence-corrected chi connectivity index (χ3v) is 1.40. The highest BCUT2D eigenvalue weighted by atomic mass is 79.9. The van der Waals surface area contributed by atoms with E-state index in [1.54, 1.807) is 6.07 Å². The highest BCUT2D eigenvalue weighted by molar-refractivity contribution is 9.10. The Bertz CT molecular complexity index is 352. The Morgan fingerprint density at radius 3 is 2.85 bits per heavy atom. The number of halogens is 3. The van der Waals surface area contributed by atoms with E-state index in [9.17, 15) is 8.78 Å². The molecular weight excluding hydrogens is 248 g/mol. The minimum atomic E-state index is -3.01. The third-order valence-electron chi connectivity index (χ3n) is 1.02. The Balaban J connectivity index is 3.01. The molecular formula is C6H2BrF2N3O. The van der Waals surface area contributed by atoms with E-state index in [2.05, 4.69) is 30.6 Å². The van der Waals surface area contributed by atoms with Crippen molar-refractivity contribution in [3.8, 4) is 11.9 Å². The van der Waals surface area contributed by atoms with Crippen molar-refractivity contribution in [3.05, 3.63) is 16.5 Å². The molecule has 0 atom stereocenters. The van der Waals surface area contributed by atoms with Crippen LogP contribution in [0.3, 0.4) is 0 Å². The molecule has 1 heterocycles. The molecule has 0 fully saturated rings. The molecule has 1 aromatic rings. The maximum Gasteiger partial charge on any atom is 0.388 e. The summed E-state index contributed by atoms with van der Waals surface area (Å²) in [5, 5.41) is 8.46. The highest BCUT2D eigenvalue weighted by Crippen LogP contribution is 2.16. The molecule has 68 valence electrons. The van der Waals surface area contributed by atoms with E-state index in [1.165, 1.54) is 6.20 Å². The van der Waals surface area contributed by atoms with E-state index in [1.807, 2.05) is 0 Å². The quantitative estimate of drug-likeness (QED) is 0.801. The fourth-order valence-corrected chi connectivity index (χ4v) is 0.880. The van der Waals surface area contributed by atoms with Crippen LogP contribution in [-0.2, 0) is 0 Å². The number of nitriles is 1. The Morgan fingerprint density at radius 2 is 2.31 bits per heavy atom. The summed E-state index contributed by atoms with van der Waals surface area (Å²) >= 11 is 2.94. The Labute approximate surface area is 80.3 Å².